The van der Waals surface area contributed by atoms with Gasteiger partial charge in [-0.05, 0) is 35.4 Å². The topological polar surface area (TPSA) is 65.0 Å². The summed E-state index contributed by atoms with van der Waals surface area (Å²) >= 11 is 0. The fourth-order valence-electron chi connectivity index (χ4n) is 2.31. The molecule has 1 N–H and O–H groups in total. The third-order valence-corrected chi connectivity index (χ3v) is 3.57. The Labute approximate surface area is 141 Å². The molecule has 0 spiro atoms. The maximum Gasteiger partial charge on any atom is 0.335 e. The number of benzene rings is 2. The van der Waals surface area contributed by atoms with E-state index in [1.807, 2.05) is 30.4 Å². The molecule has 0 saturated carbocycles. The van der Waals surface area contributed by atoms with Crippen LogP contribution in [0.5, 0.6) is 5.75 Å². The van der Waals surface area contributed by atoms with Gasteiger partial charge in [0.1, 0.15) is 5.75 Å². The van der Waals surface area contributed by atoms with E-state index in [9.17, 15) is 4.79 Å². The van der Waals surface area contributed by atoms with Crippen LogP contribution in [0.15, 0.2) is 42.5 Å². The summed E-state index contributed by atoms with van der Waals surface area (Å²) in [6.45, 7) is 0. The van der Waals surface area contributed by atoms with E-state index in [0.29, 0.717) is 5.75 Å². The van der Waals surface area contributed by atoms with E-state index in [1.54, 1.807) is 45.6 Å². The number of rotatable bonds is 7. The average Bonchev–Trinajstić information content (AvgIpc) is 2.62. The van der Waals surface area contributed by atoms with E-state index < -0.39 is 12.3 Å². The van der Waals surface area contributed by atoms with Crippen LogP contribution in [0.25, 0.3) is 12.2 Å². The highest BCUT2D eigenvalue weighted by atomic mass is 16.7. The minimum Gasteiger partial charge on any atom is -0.496 e. The molecule has 2 aromatic carbocycles. The van der Waals surface area contributed by atoms with E-state index in [-0.39, 0.29) is 5.56 Å². The van der Waals surface area contributed by atoms with Gasteiger partial charge in [0.15, 0.2) is 6.29 Å². The molecule has 5 nitrogen and oxygen atoms in total. The van der Waals surface area contributed by atoms with Crippen molar-refractivity contribution in [1.82, 2.24) is 0 Å². The fourth-order valence-corrected chi connectivity index (χ4v) is 2.31. The molecule has 0 unspecified atom stereocenters. The van der Waals surface area contributed by atoms with Crippen LogP contribution in [0.1, 0.15) is 33.3 Å². The van der Waals surface area contributed by atoms with Crippen LogP contribution in [0.3, 0.4) is 0 Å². The lowest BCUT2D eigenvalue weighted by Gasteiger charge is -2.17. The molecule has 5 heteroatoms. The van der Waals surface area contributed by atoms with Gasteiger partial charge in [-0.15, -0.1) is 0 Å². The molecule has 0 bridgehead atoms. The molecule has 0 aliphatic heterocycles. The van der Waals surface area contributed by atoms with Gasteiger partial charge in [0.05, 0.1) is 12.7 Å². The molecule has 0 fully saturated rings. The van der Waals surface area contributed by atoms with Crippen LogP contribution >= 0.6 is 0 Å². The number of ether oxygens (including phenoxy) is 3. The Kier molecular flexibility index (Phi) is 6.12. The Hall–Kier alpha value is -2.63. The van der Waals surface area contributed by atoms with Crippen molar-refractivity contribution in [2.75, 3.05) is 21.3 Å². The van der Waals surface area contributed by atoms with E-state index in [2.05, 4.69) is 0 Å². The Morgan fingerprint density at radius 1 is 0.958 bits per heavy atom. The van der Waals surface area contributed by atoms with Gasteiger partial charge < -0.3 is 19.3 Å². The minimum absolute atomic E-state index is 0.267. The quantitative estimate of drug-likeness (QED) is 0.618. The minimum atomic E-state index is -0.934. The number of carboxylic acids is 1. The summed E-state index contributed by atoms with van der Waals surface area (Å²) in [7, 11) is 4.74. The molecular weight excluding hydrogens is 308 g/mol. The zero-order chi connectivity index (χ0) is 17.5. The molecule has 0 atom stereocenters. The molecular formula is C19H20O5. The van der Waals surface area contributed by atoms with Crippen LogP contribution in [0, 0.1) is 0 Å². The van der Waals surface area contributed by atoms with Crippen LogP contribution in [-0.4, -0.2) is 32.4 Å². The molecule has 2 aromatic rings. The lowest BCUT2D eigenvalue weighted by molar-refractivity contribution is -0.106. The predicted octanol–water partition coefficient (Wildman–Crippen LogP) is 3.86. The third kappa shape index (κ3) is 4.22. The summed E-state index contributed by atoms with van der Waals surface area (Å²) < 4.78 is 15.9. The first-order valence-electron chi connectivity index (χ1n) is 7.34. The second-order valence-electron chi connectivity index (χ2n) is 5.07. The Morgan fingerprint density at radius 3 is 2.08 bits per heavy atom. The third-order valence-electron chi connectivity index (χ3n) is 3.57. The SMILES string of the molecule is COc1cc(C=Cc2ccc(C(=O)O)cc2)ccc1C(OC)OC. The molecule has 0 aromatic heterocycles. The zero-order valence-electron chi connectivity index (χ0n) is 13.9. The number of hydrogen-bond acceptors (Lipinski definition) is 4. The van der Waals surface area contributed by atoms with Crippen molar-refractivity contribution < 1.29 is 24.1 Å². The molecule has 0 radical (unpaired) electrons. The molecule has 0 heterocycles. The molecule has 126 valence electrons. The average molecular weight is 328 g/mol. The highest BCUT2D eigenvalue weighted by Gasteiger charge is 2.14. The maximum atomic E-state index is 10.8. The molecule has 0 aliphatic carbocycles. The van der Waals surface area contributed by atoms with Gasteiger partial charge in [0.2, 0.25) is 0 Å². The van der Waals surface area contributed by atoms with Gasteiger partial charge in [-0.2, -0.15) is 0 Å². The van der Waals surface area contributed by atoms with Crippen molar-refractivity contribution in [2.45, 2.75) is 6.29 Å². The van der Waals surface area contributed by atoms with Crippen molar-refractivity contribution >= 4 is 18.1 Å². The van der Waals surface area contributed by atoms with Crippen molar-refractivity contribution in [3.63, 3.8) is 0 Å². The van der Waals surface area contributed by atoms with E-state index in [1.165, 1.54) is 0 Å². The zero-order valence-corrected chi connectivity index (χ0v) is 13.9. The van der Waals surface area contributed by atoms with Gasteiger partial charge in [-0.25, -0.2) is 4.79 Å². The summed E-state index contributed by atoms with van der Waals surface area (Å²) in [6, 6.07) is 12.4. The van der Waals surface area contributed by atoms with Crippen molar-refractivity contribution in [3.8, 4) is 5.75 Å². The van der Waals surface area contributed by atoms with Crippen LogP contribution < -0.4 is 4.74 Å². The number of methoxy groups -OCH3 is 3. The summed E-state index contributed by atoms with van der Waals surface area (Å²) in [4.78, 5) is 10.8. The Balaban J connectivity index is 2.21. The molecule has 24 heavy (non-hydrogen) atoms. The van der Waals surface area contributed by atoms with Crippen LogP contribution in [0.4, 0.5) is 0 Å². The number of carbonyl (C=O) groups is 1. The van der Waals surface area contributed by atoms with Gasteiger partial charge in [-0.3, -0.25) is 0 Å². The Bertz CT molecular complexity index is 715. The van der Waals surface area contributed by atoms with E-state index in [4.69, 9.17) is 19.3 Å². The van der Waals surface area contributed by atoms with Crippen LogP contribution in [-0.2, 0) is 9.47 Å². The molecule has 0 saturated heterocycles. The second kappa shape index (κ2) is 8.29. The fraction of sp³-hybridized carbons (Fsp3) is 0.211. The first kappa shape index (κ1) is 17.7. The second-order valence-corrected chi connectivity index (χ2v) is 5.07. The van der Waals surface area contributed by atoms with Crippen molar-refractivity contribution in [2.24, 2.45) is 0 Å². The summed E-state index contributed by atoms with van der Waals surface area (Å²) in [5.74, 6) is -0.260. The van der Waals surface area contributed by atoms with Crippen LogP contribution in [0.2, 0.25) is 0 Å². The monoisotopic (exact) mass is 328 g/mol. The van der Waals surface area contributed by atoms with E-state index >= 15 is 0 Å². The lowest BCUT2D eigenvalue weighted by Crippen LogP contribution is -2.05. The predicted molar refractivity (Wildman–Crippen MR) is 92.1 cm³/mol. The largest absolute Gasteiger partial charge is 0.496 e. The highest BCUT2D eigenvalue weighted by Crippen LogP contribution is 2.29. The highest BCUT2D eigenvalue weighted by molar-refractivity contribution is 5.88. The molecule has 0 amide bonds. The number of aromatic carboxylic acids is 1. The Morgan fingerprint density at radius 2 is 1.54 bits per heavy atom. The smallest absolute Gasteiger partial charge is 0.335 e. The van der Waals surface area contributed by atoms with Gasteiger partial charge in [0, 0.05) is 19.8 Å². The number of hydrogen-bond donors (Lipinski definition) is 1. The normalized spacial score (nSPS) is 11.2. The van der Waals surface area contributed by atoms with E-state index in [0.717, 1.165) is 16.7 Å². The van der Waals surface area contributed by atoms with Gasteiger partial charge >= 0.3 is 5.97 Å². The summed E-state index contributed by atoms with van der Waals surface area (Å²) in [5.41, 5.74) is 2.94. The van der Waals surface area contributed by atoms with Crippen molar-refractivity contribution in [1.29, 1.82) is 0 Å². The lowest BCUT2D eigenvalue weighted by atomic mass is 10.1. The van der Waals surface area contributed by atoms with Gasteiger partial charge in [-0.1, -0.05) is 30.4 Å². The number of carboxylic acid groups (broad SMARTS) is 1. The molecule has 0 aliphatic rings. The summed E-state index contributed by atoms with van der Waals surface area (Å²) in [5, 5.41) is 8.90. The molecule has 2 rings (SSSR count). The van der Waals surface area contributed by atoms with Gasteiger partial charge in [0.25, 0.3) is 0 Å². The summed E-state index contributed by atoms with van der Waals surface area (Å²) in [6.07, 6.45) is 3.35. The first-order chi connectivity index (χ1) is 11.6. The first-order valence-corrected chi connectivity index (χ1v) is 7.34. The standard InChI is InChI=1S/C19H20O5/c1-22-17-12-14(8-11-16(17)19(23-2)24-3)5-4-13-6-9-15(10-7-13)18(20)21/h4-12,19H,1-3H3,(H,20,21). The maximum absolute atomic E-state index is 10.8. The van der Waals surface area contributed by atoms with Crippen molar-refractivity contribution in [3.05, 3.63) is 64.7 Å².